The van der Waals surface area contributed by atoms with E-state index in [-0.39, 0.29) is 5.91 Å². The fourth-order valence-electron chi connectivity index (χ4n) is 4.19. The first-order valence-electron chi connectivity index (χ1n) is 10.2. The van der Waals surface area contributed by atoms with E-state index >= 15 is 0 Å². The number of amides is 1. The number of aliphatic hydroxyl groups is 1. The first-order valence-corrected chi connectivity index (χ1v) is 10.2. The molecule has 3 heterocycles. The number of fused-ring (bicyclic) bond motifs is 1. The van der Waals surface area contributed by atoms with Gasteiger partial charge in [0.1, 0.15) is 17.3 Å². The summed E-state index contributed by atoms with van der Waals surface area (Å²) in [5, 5.41) is 11.7. The van der Waals surface area contributed by atoms with Gasteiger partial charge >= 0.3 is 0 Å². The van der Waals surface area contributed by atoms with Crippen molar-refractivity contribution in [2.45, 2.75) is 31.9 Å². The van der Waals surface area contributed by atoms with Crippen LogP contribution in [0.1, 0.15) is 29.2 Å². The van der Waals surface area contributed by atoms with Gasteiger partial charge in [0.2, 0.25) is 0 Å². The van der Waals surface area contributed by atoms with Crippen molar-refractivity contribution in [1.82, 2.24) is 19.4 Å². The van der Waals surface area contributed by atoms with Gasteiger partial charge < -0.3 is 33.8 Å². The molecule has 9 heteroatoms. The van der Waals surface area contributed by atoms with Crippen molar-refractivity contribution in [3.63, 3.8) is 0 Å². The van der Waals surface area contributed by atoms with Gasteiger partial charge in [0, 0.05) is 36.9 Å². The molecule has 1 fully saturated rings. The Balaban J connectivity index is 1.54. The molecule has 4 rings (SSSR count). The summed E-state index contributed by atoms with van der Waals surface area (Å²) in [7, 11) is 4.68. The van der Waals surface area contributed by atoms with Crippen molar-refractivity contribution in [3.8, 4) is 17.2 Å². The zero-order valence-electron chi connectivity index (χ0n) is 18.3. The van der Waals surface area contributed by atoms with Crippen molar-refractivity contribution in [2.24, 2.45) is 0 Å². The number of aromatic amines is 1. The molecule has 0 saturated carbocycles. The van der Waals surface area contributed by atoms with Crippen LogP contribution >= 0.6 is 0 Å². The van der Waals surface area contributed by atoms with Crippen LogP contribution in [0.15, 0.2) is 24.5 Å². The molecule has 1 aromatic carbocycles. The lowest BCUT2D eigenvalue weighted by Gasteiger charge is -2.38. The molecule has 1 aliphatic rings. The average Bonchev–Trinajstić information content (AvgIpc) is 3.39. The van der Waals surface area contributed by atoms with Gasteiger partial charge in [-0.3, -0.25) is 4.79 Å². The Morgan fingerprint density at radius 1 is 1.16 bits per heavy atom. The van der Waals surface area contributed by atoms with E-state index in [0.29, 0.717) is 60.9 Å². The zero-order chi connectivity index (χ0) is 22.2. The number of methoxy groups -OCH3 is 3. The monoisotopic (exact) mass is 428 g/mol. The Bertz CT molecular complexity index is 1090. The molecule has 166 valence electrons. The number of aryl methyl sites for hydroxylation is 1. The number of ether oxygens (including phenoxy) is 3. The normalized spacial score (nSPS) is 15.8. The molecule has 3 aromatic rings. The number of piperidine rings is 1. The molecule has 0 radical (unpaired) electrons. The molecule has 1 amide bonds. The van der Waals surface area contributed by atoms with Crippen LogP contribution in [0.5, 0.6) is 17.2 Å². The Morgan fingerprint density at radius 3 is 2.45 bits per heavy atom. The summed E-state index contributed by atoms with van der Waals surface area (Å²) in [6.07, 6.45) is 4.59. The number of hydrogen-bond donors (Lipinski definition) is 2. The molecular formula is C22H28N4O5. The van der Waals surface area contributed by atoms with Crippen LogP contribution in [-0.2, 0) is 6.54 Å². The van der Waals surface area contributed by atoms with Crippen molar-refractivity contribution in [1.29, 1.82) is 0 Å². The molecule has 1 saturated heterocycles. The molecule has 0 aliphatic carbocycles. The molecule has 1 aliphatic heterocycles. The summed E-state index contributed by atoms with van der Waals surface area (Å²) in [6.45, 7) is 3.32. The van der Waals surface area contributed by atoms with E-state index in [1.807, 2.05) is 17.7 Å². The second kappa shape index (κ2) is 8.14. The summed E-state index contributed by atoms with van der Waals surface area (Å²) in [5.41, 5.74) is 0.226. The summed E-state index contributed by atoms with van der Waals surface area (Å²) in [4.78, 5) is 22.3. The first kappa shape index (κ1) is 21.0. The third kappa shape index (κ3) is 3.81. The maximum Gasteiger partial charge on any atom is 0.270 e. The van der Waals surface area contributed by atoms with Gasteiger partial charge in [0.15, 0.2) is 11.5 Å². The van der Waals surface area contributed by atoms with Gasteiger partial charge in [-0.25, -0.2) is 4.98 Å². The van der Waals surface area contributed by atoms with E-state index in [9.17, 15) is 9.90 Å². The van der Waals surface area contributed by atoms with Crippen molar-refractivity contribution >= 4 is 16.8 Å². The first-order chi connectivity index (χ1) is 14.9. The number of likely N-dealkylation sites (tertiary alicyclic amines) is 1. The number of nitrogens with zero attached hydrogens (tertiary/aromatic N) is 3. The van der Waals surface area contributed by atoms with Gasteiger partial charge in [0.25, 0.3) is 5.91 Å². The lowest BCUT2D eigenvalue weighted by molar-refractivity contribution is -0.0296. The number of carbonyl (C=O) groups is 1. The van der Waals surface area contributed by atoms with Crippen LogP contribution in [0, 0.1) is 6.92 Å². The highest BCUT2D eigenvalue weighted by Gasteiger charge is 2.35. The third-order valence-electron chi connectivity index (χ3n) is 6.04. The number of hydrogen-bond acceptors (Lipinski definition) is 6. The van der Waals surface area contributed by atoms with Gasteiger partial charge in [0.05, 0.1) is 39.0 Å². The van der Waals surface area contributed by atoms with E-state index in [1.165, 1.54) is 0 Å². The smallest absolute Gasteiger partial charge is 0.270 e. The van der Waals surface area contributed by atoms with E-state index in [1.54, 1.807) is 44.6 Å². The molecule has 9 nitrogen and oxygen atoms in total. The number of imidazole rings is 1. The number of H-pyrrole nitrogens is 1. The maximum atomic E-state index is 13.2. The molecule has 2 N–H and O–H groups in total. The molecule has 2 aromatic heterocycles. The molecule has 0 atom stereocenters. The van der Waals surface area contributed by atoms with Crippen molar-refractivity contribution in [3.05, 3.63) is 36.0 Å². The van der Waals surface area contributed by atoms with E-state index < -0.39 is 5.60 Å². The number of benzene rings is 1. The number of carbonyl (C=O) groups excluding carboxylic acids is 1. The minimum absolute atomic E-state index is 0.125. The van der Waals surface area contributed by atoms with Crippen LogP contribution < -0.4 is 14.2 Å². The molecule has 0 unspecified atom stereocenters. The van der Waals surface area contributed by atoms with Crippen LogP contribution in [-0.4, -0.2) is 70.5 Å². The Hall–Kier alpha value is -3.20. The predicted octanol–water partition coefficient (Wildman–Crippen LogP) is 2.37. The summed E-state index contributed by atoms with van der Waals surface area (Å²) in [5.74, 6) is 2.36. The second-order valence-corrected chi connectivity index (χ2v) is 7.90. The topological polar surface area (TPSA) is 102 Å². The fraction of sp³-hybridized carbons (Fsp3) is 0.455. The van der Waals surface area contributed by atoms with E-state index in [2.05, 4.69) is 9.97 Å². The predicted molar refractivity (Wildman–Crippen MR) is 115 cm³/mol. The highest BCUT2D eigenvalue weighted by Crippen LogP contribution is 2.41. The summed E-state index contributed by atoms with van der Waals surface area (Å²) < 4.78 is 18.3. The SMILES string of the molecule is COc1cc(OC)c2cc(C(=O)N3CCC(O)(Cn4ccnc4C)CC3)[nH]c2c1OC. The Kier molecular flexibility index (Phi) is 5.53. The van der Waals surface area contributed by atoms with Gasteiger partial charge in [-0.2, -0.15) is 0 Å². The summed E-state index contributed by atoms with van der Waals surface area (Å²) in [6, 6.07) is 3.51. The van der Waals surface area contributed by atoms with Crippen LogP contribution in [0.25, 0.3) is 10.9 Å². The number of rotatable bonds is 6. The largest absolute Gasteiger partial charge is 0.496 e. The lowest BCUT2D eigenvalue weighted by Crippen LogP contribution is -2.48. The fourth-order valence-corrected chi connectivity index (χ4v) is 4.19. The summed E-state index contributed by atoms with van der Waals surface area (Å²) >= 11 is 0. The minimum Gasteiger partial charge on any atom is -0.496 e. The van der Waals surface area contributed by atoms with Crippen LogP contribution in [0.2, 0.25) is 0 Å². The maximum absolute atomic E-state index is 13.2. The van der Waals surface area contributed by atoms with Gasteiger partial charge in [-0.1, -0.05) is 0 Å². The van der Waals surface area contributed by atoms with E-state index in [0.717, 1.165) is 11.2 Å². The minimum atomic E-state index is -0.859. The second-order valence-electron chi connectivity index (χ2n) is 7.90. The van der Waals surface area contributed by atoms with Gasteiger partial charge in [-0.15, -0.1) is 0 Å². The third-order valence-corrected chi connectivity index (χ3v) is 6.04. The van der Waals surface area contributed by atoms with Crippen LogP contribution in [0.4, 0.5) is 0 Å². The zero-order valence-corrected chi connectivity index (χ0v) is 18.3. The van der Waals surface area contributed by atoms with Crippen molar-refractivity contribution in [2.75, 3.05) is 34.4 Å². The Morgan fingerprint density at radius 2 is 1.87 bits per heavy atom. The molecular weight excluding hydrogens is 400 g/mol. The molecule has 31 heavy (non-hydrogen) atoms. The Labute approximate surface area is 180 Å². The number of aromatic nitrogens is 3. The molecule has 0 spiro atoms. The van der Waals surface area contributed by atoms with Crippen LogP contribution in [0.3, 0.4) is 0 Å². The standard InChI is InChI=1S/C22H28N4O5/c1-14-23-7-10-26(14)13-22(28)5-8-25(9-6-22)21(27)16-11-15-17(29-2)12-18(30-3)20(31-4)19(15)24-16/h7,10-12,24,28H,5-6,8-9,13H2,1-4H3. The average molecular weight is 428 g/mol. The van der Waals surface area contributed by atoms with Crippen molar-refractivity contribution < 1.29 is 24.1 Å². The molecule has 0 bridgehead atoms. The van der Waals surface area contributed by atoms with Gasteiger partial charge in [-0.05, 0) is 25.8 Å². The highest BCUT2D eigenvalue weighted by atomic mass is 16.5. The number of nitrogens with one attached hydrogen (secondary N) is 1. The highest BCUT2D eigenvalue weighted by molar-refractivity contribution is 6.02. The lowest BCUT2D eigenvalue weighted by atomic mass is 9.91. The van der Waals surface area contributed by atoms with E-state index in [4.69, 9.17) is 14.2 Å². The quantitative estimate of drug-likeness (QED) is 0.625.